The Labute approximate surface area is 210 Å². The Bertz CT molecular complexity index is 1250. The molecule has 0 saturated carbocycles. The minimum Gasteiger partial charge on any atom is -0.465 e. The lowest BCUT2D eigenvalue weighted by Crippen LogP contribution is -2.37. The zero-order chi connectivity index (χ0) is 24.6. The third-order valence-electron chi connectivity index (χ3n) is 7.05. The molecule has 1 atom stereocenters. The van der Waals surface area contributed by atoms with Crippen LogP contribution >= 0.6 is 11.3 Å². The molecule has 2 aliphatic rings. The van der Waals surface area contributed by atoms with Crippen molar-refractivity contribution >= 4 is 34.2 Å². The zero-order valence-corrected chi connectivity index (χ0v) is 21.5. The molecule has 0 radical (unpaired) electrons. The number of ether oxygens (including phenoxy) is 2. The standard InChI is InChI=1S/C28H31N3O3S/c1-28(2)21-18-20(26(32)33-4)10-11-22(21)30(3)24(28)13-12-23-25(19-8-6-5-7-9-19)29-27(35-23)31-14-16-34-17-15-31/h5-13,18,24H,14-17H2,1-4H3. The van der Waals surface area contributed by atoms with Gasteiger partial charge in [0.15, 0.2) is 5.13 Å². The molecule has 35 heavy (non-hydrogen) atoms. The fourth-order valence-electron chi connectivity index (χ4n) is 5.07. The highest BCUT2D eigenvalue weighted by atomic mass is 32.1. The first-order valence-electron chi connectivity index (χ1n) is 11.9. The van der Waals surface area contributed by atoms with Crippen LogP contribution in [0.1, 0.15) is 34.6 Å². The summed E-state index contributed by atoms with van der Waals surface area (Å²) in [6.45, 7) is 7.66. The van der Waals surface area contributed by atoms with Crippen LogP contribution in [0.15, 0.2) is 54.6 Å². The monoisotopic (exact) mass is 489 g/mol. The number of benzene rings is 2. The molecule has 1 fully saturated rings. The van der Waals surface area contributed by atoms with Crippen molar-refractivity contribution in [1.82, 2.24) is 4.98 Å². The third-order valence-corrected chi connectivity index (χ3v) is 8.13. The normalized spacial score (nSPS) is 19.3. The average Bonchev–Trinajstić information content (AvgIpc) is 3.40. The maximum absolute atomic E-state index is 12.1. The van der Waals surface area contributed by atoms with Crippen LogP contribution in [0, 0.1) is 0 Å². The van der Waals surface area contributed by atoms with E-state index in [9.17, 15) is 4.79 Å². The molecule has 5 rings (SSSR count). The summed E-state index contributed by atoms with van der Waals surface area (Å²) in [6.07, 6.45) is 4.50. The maximum atomic E-state index is 12.1. The van der Waals surface area contributed by atoms with E-state index in [1.807, 2.05) is 24.3 Å². The van der Waals surface area contributed by atoms with Gasteiger partial charge in [-0.3, -0.25) is 0 Å². The van der Waals surface area contributed by atoms with E-state index in [1.54, 1.807) is 11.3 Å². The Hall–Kier alpha value is -3.16. The van der Waals surface area contributed by atoms with Crippen molar-refractivity contribution < 1.29 is 14.3 Å². The Morgan fingerprint density at radius 2 is 1.91 bits per heavy atom. The number of fused-ring (bicyclic) bond motifs is 1. The van der Waals surface area contributed by atoms with Crippen LogP contribution in [0.25, 0.3) is 17.3 Å². The first kappa shape index (κ1) is 23.6. The van der Waals surface area contributed by atoms with E-state index in [0.717, 1.165) is 58.8 Å². The van der Waals surface area contributed by atoms with Gasteiger partial charge < -0.3 is 19.3 Å². The Balaban J connectivity index is 1.50. The number of morpholine rings is 1. The van der Waals surface area contributed by atoms with E-state index >= 15 is 0 Å². The highest BCUT2D eigenvalue weighted by molar-refractivity contribution is 7.16. The molecule has 182 valence electrons. The maximum Gasteiger partial charge on any atom is 0.337 e. The largest absolute Gasteiger partial charge is 0.465 e. The predicted octanol–water partition coefficient (Wildman–Crippen LogP) is 5.24. The fraction of sp³-hybridized carbons (Fsp3) is 0.357. The Morgan fingerprint density at radius 3 is 2.63 bits per heavy atom. The number of thiazole rings is 1. The number of hydrogen-bond acceptors (Lipinski definition) is 7. The van der Waals surface area contributed by atoms with Crippen molar-refractivity contribution in [2.45, 2.75) is 25.3 Å². The van der Waals surface area contributed by atoms with E-state index < -0.39 is 0 Å². The molecule has 1 unspecified atom stereocenters. The van der Waals surface area contributed by atoms with Gasteiger partial charge in [0.1, 0.15) is 0 Å². The van der Waals surface area contributed by atoms with E-state index in [0.29, 0.717) is 5.56 Å². The second-order valence-electron chi connectivity index (χ2n) is 9.53. The van der Waals surface area contributed by atoms with Gasteiger partial charge in [-0.15, -0.1) is 0 Å². The summed E-state index contributed by atoms with van der Waals surface area (Å²) in [6, 6.07) is 16.3. The summed E-state index contributed by atoms with van der Waals surface area (Å²) in [4.78, 5) is 22.9. The highest BCUT2D eigenvalue weighted by Gasteiger charge is 2.42. The molecule has 1 aromatic heterocycles. The van der Waals surface area contributed by atoms with E-state index in [-0.39, 0.29) is 17.4 Å². The summed E-state index contributed by atoms with van der Waals surface area (Å²) in [7, 11) is 3.53. The first-order chi connectivity index (χ1) is 16.9. The highest BCUT2D eigenvalue weighted by Crippen LogP contribution is 2.46. The van der Waals surface area contributed by atoms with Crippen LogP contribution in [-0.4, -0.2) is 57.5 Å². The van der Waals surface area contributed by atoms with Gasteiger partial charge in [0.05, 0.1) is 42.5 Å². The smallest absolute Gasteiger partial charge is 0.337 e. The number of carbonyl (C=O) groups excluding carboxylic acids is 1. The molecule has 1 saturated heterocycles. The summed E-state index contributed by atoms with van der Waals surface area (Å²) in [5.74, 6) is -0.307. The van der Waals surface area contributed by atoms with E-state index in [2.05, 4.69) is 67.1 Å². The Morgan fingerprint density at radius 1 is 1.17 bits per heavy atom. The second kappa shape index (κ2) is 9.47. The quantitative estimate of drug-likeness (QED) is 0.457. The zero-order valence-electron chi connectivity index (χ0n) is 20.7. The topological polar surface area (TPSA) is 54.9 Å². The molecule has 6 nitrogen and oxygen atoms in total. The van der Waals surface area contributed by atoms with Crippen molar-refractivity contribution in [3.05, 3.63) is 70.6 Å². The number of esters is 1. The molecule has 0 bridgehead atoms. The number of nitrogens with zero attached hydrogens (tertiary/aromatic N) is 3. The van der Waals surface area contributed by atoms with Crippen molar-refractivity contribution in [2.24, 2.45) is 0 Å². The average molecular weight is 490 g/mol. The van der Waals surface area contributed by atoms with Crippen LogP contribution in [0.5, 0.6) is 0 Å². The molecule has 0 amide bonds. The first-order valence-corrected chi connectivity index (χ1v) is 12.7. The molecule has 3 heterocycles. The number of aromatic nitrogens is 1. The Kier molecular flexibility index (Phi) is 6.38. The van der Waals surface area contributed by atoms with Gasteiger partial charge in [-0.25, -0.2) is 9.78 Å². The van der Waals surface area contributed by atoms with Crippen molar-refractivity contribution in [3.8, 4) is 11.3 Å². The molecule has 2 aliphatic heterocycles. The minimum atomic E-state index is -0.307. The van der Waals surface area contributed by atoms with Crippen LogP contribution in [0.3, 0.4) is 0 Å². The molecule has 7 heteroatoms. The van der Waals surface area contributed by atoms with Gasteiger partial charge in [0, 0.05) is 36.8 Å². The lowest BCUT2D eigenvalue weighted by Gasteiger charge is -2.29. The summed E-state index contributed by atoms with van der Waals surface area (Å²) in [5, 5.41) is 1.04. The lowest BCUT2D eigenvalue weighted by atomic mass is 9.80. The number of hydrogen-bond donors (Lipinski definition) is 0. The number of likely N-dealkylation sites (N-methyl/N-ethyl adjacent to an activating group) is 1. The van der Waals surface area contributed by atoms with Crippen molar-refractivity contribution in [1.29, 1.82) is 0 Å². The van der Waals surface area contributed by atoms with Crippen LogP contribution in [0.4, 0.5) is 10.8 Å². The minimum absolute atomic E-state index is 0.128. The molecule has 0 aliphatic carbocycles. The van der Waals surface area contributed by atoms with Gasteiger partial charge in [-0.1, -0.05) is 61.6 Å². The summed E-state index contributed by atoms with van der Waals surface area (Å²) < 4.78 is 10.5. The molecular weight excluding hydrogens is 458 g/mol. The van der Waals surface area contributed by atoms with Gasteiger partial charge in [0.2, 0.25) is 0 Å². The van der Waals surface area contributed by atoms with E-state index in [1.165, 1.54) is 7.11 Å². The van der Waals surface area contributed by atoms with E-state index in [4.69, 9.17) is 14.5 Å². The molecule has 3 aromatic rings. The molecular formula is C28H31N3O3S. The fourth-order valence-corrected chi connectivity index (χ4v) is 6.12. The summed E-state index contributed by atoms with van der Waals surface area (Å²) in [5.41, 5.74) is 4.82. The number of rotatable bonds is 5. The van der Waals surface area contributed by atoms with Gasteiger partial charge in [-0.05, 0) is 29.8 Å². The lowest BCUT2D eigenvalue weighted by molar-refractivity contribution is 0.0600. The number of methoxy groups -OCH3 is 1. The number of anilines is 2. The molecule has 0 spiro atoms. The summed E-state index contributed by atoms with van der Waals surface area (Å²) >= 11 is 1.73. The molecule has 2 aromatic carbocycles. The van der Waals surface area contributed by atoms with Crippen molar-refractivity contribution in [2.75, 3.05) is 50.3 Å². The van der Waals surface area contributed by atoms with Crippen molar-refractivity contribution in [3.63, 3.8) is 0 Å². The predicted molar refractivity (Wildman–Crippen MR) is 143 cm³/mol. The van der Waals surface area contributed by atoms with Gasteiger partial charge >= 0.3 is 5.97 Å². The number of carbonyl (C=O) groups is 1. The van der Waals surface area contributed by atoms with Crippen LogP contribution < -0.4 is 9.80 Å². The van der Waals surface area contributed by atoms with Crippen LogP contribution in [-0.2, 0) is 14.9 Å². The second-order valence-corrected chi connectivity index (χ2v) is 10.5. The van der Waals surface area contributed by atoms with Crippen LogP contribution in [0.2, 0.25) is 0 Å². The van der Waals surface area contributed by atoms with Gasteiger partial charge in [0.25, 0.3) is 0 Å². The SMILES string of the molecule is COC(=O)c1ccc2c(c1)C(C)(C)C(C=Cc1sc(N3CCOCC3)nc1-c1ccccc1)N2C. The molecule has 0 N–H and O–H groups in total. The third kappa shape index (κ3) is 4.34. The van der Waals surface area contributed by atoms with Gasteiger partial charge in [-0.2, -0.15) is 0 Å².